The standard InChI is InChI=1S/C19H21N3O7/c1-11(2)28-17-10-14(21(24)25)6-7-15(17)19(23)20-13-5-8-16(22(26)27)18(9-13)29-12(3)4/h5-12H,1-4H3,(H,20,23). The van der Waals surface area contributed by atoms with E-state index >= 15 is 0 Å². The fraction of sp³-hybridized carbons (Fsp3) is 0.316. The van der Waals surface area contributed by atoms with Crippen molar-refractivity contribution in [1.82, 2.24) is 0 Å². The number of nitro groups is 2. The molecule has 0 saturated heterocycles. The molecule has 0 saturated carbocycles. The van der Waals surface area contributed by atoms with Gasteiger partial charge in [0.15, 0.2) is 5.75 Å². The molecule has 0 bridgehead atoms. The van der Waals surface area contributed by atoms with Crippen molar-refractivity contribution in [1.29, 1.82) is 0 Å². The van der Waals surface area contributed by atoms with E-state index in [1.165, 1.54) is 36.4 Å². The first-order valence-corrected chi connectivity index (χ1v) is 8.80. The molecule has 2 rings (SSSR count). The molecule has 2 aromatic carbocycles. The van der Waals surface area contributed by atoms with Gasteiger partial charge in [0.2, 0.25) is 0 Å². The second kappa shape index (κ2) is 9.00. The first-order chi connectivity index (χ1) is 13.6. The molecule has 0 spiro atoms. The van der Waals surface area contributed by atoms with E-state index in [1.54, 1.807) is 27.7 Å². The molecule has 0 fully saturated rings. The molecule has 154 valence electrons. The number of carbonyl (C=O) groups is 1. The van der Waals surface area contributed by atoms with E-state index in [-0.39, 0.29) is 46.3 Å². The number of non-ortho nitro benzene ring substituents is 1. The second-order valence-corrected chi connectivity index (χ2v) is 6.66. The summed E-state index contributed by atoms with van der Waals surface area (Å²) in [6.45, 7) is 6.90. The molecule has 0 heterocycles. The van der Waals surface area contributed by atoms with Crippen molar-refractivity contribution in [3.63, 3.8) is 0 Å². The number of nitrogens with one attached hydrogen (secondary N) is 1. The predicted molar refractivity (Wildman–Crippen MR) is 106 cm³/mol. The van der Waals surface area contributed by atoms with Gasteiger partial charge >= 0.3 is 5.69 Å². The van der Waals surface area contributed by atoms with Crippen LogP contribution in [-0.2, 0) is 0 Å². The number of carbonyl (C=O) groups excluding carboxylic acids is 1. The van der Waals surface area contributed by atoms with Gasteiger partial charge in [-0.15, -0.1) is 0 Å². The average molecular weight is 403 g/mol. The molecule has 1 amide bonds. The van der Waals surface area contributed by atoms with Crippen molar-refractivity contribution in [2.45, 2.75) is 39.9 Å². The van der Waals surface area contributed by atoms with Crippen LogP contribution in [0, 0.1) is 20.2 Å². The van der Waals surface area contributed by atoms with Crippen molar-refractivity contribution in [2.24, 2.45) is 0 Å². The molecule has 0 aromatic heterocycles. The van der Waals surface area contributed by atoms with Gasteiger partial charge in [-0.2, -0.15) is 0 Å². The van der Waals surface area contributed by atoms with E-state index in [2.05, 4.69) is 5.32 Å². The molecular weight excluding hydrogens is 382 g/mol. The Morgan fingerprint density at radius 2 is 1.52 bits per heavy atom. The van der Waals surface area contributed by atoms with Gasteiger partial charge in [0.05, 0.1) is 33.7 Å². The molecule has 10 nitrogen and oxygen atoms in total. The summed E-state index contributed by atoms with van der Waals surface area (Å²) in [5.41, 5.74) is -0.0740. The minimum Gasteiger partial charge on any atom is -0.490 e. The van der Waals surface area contributed by atoms with Crippen molar-refractivity contribution in [3.05, 3.63) is 62.2 Å². The number of benzene rings is 2. The van der Waals surface area contributed by atoms with E-state index in [9.17, 15) is 25.0 Å². The normalized spacial score (nSPS) is 10.7. The Morgan fingerprint density at radius 3 is 2.07 bits per heavy atom. The van der Waals surface area contributed by atoms with Gasteiger partial charge in [0, 0.05) is 23.9 Å². The number of ether oxygens (including phenoxy) is 2. The summed E-state index contributed by atoms with van der Waals surface area (Å²) in [5, 5.41) is 24.8. The van der Waals surface area contributed by atoms with Crippen LogP contribution in [0.3, 0.4) is 0 Å². The van der Waals surface area contributed by atoms with Gasteiger partial charge in [0.25, 0.3) is 11.6 Å². The van der Waals surface area contributed by atoms with Crippen LogP contribution in [-0.4, -0.2) is 28.0 Å². The largest absolute Gasteiger partial charge is 0.490 e. The first kappa shape index (κ1) is 21.6. The summed E-state index contributed by atoms with van der Waals surface area (Å²) in [6.07, 6.45) is -0.616. The SMILES string of the molecule is CC(C)Oc1cc([N+](=O)[O-])ccc1C(=O)Nc1ccc([N+](=O)[O-])c(OC(C)C)c1. The third-order valence-corrected chi connectivity index (χ3v) is 3.56. The van der Waals surface area contributed by atoms with E-state index in [0.717, 1.165) is 0 Å². The zero-order valence-electron chi connectivity index (χ0n) is 16.4. The zero-order chi connectivity index (χ0) is 21.7. The molecule has 0 atom stereocenters. The van der Waals surface area contributed by atoms with Crippen molar-refractivity contribution >= 4 is 23.0 Å². The Balaban J connectivity index is 2.36. The third kappa shape index (κ3) is 5.64. The van der Waals surface area contributed by atoms with Crippen molar-refractivity contribution in [2.75, 3.05) is 5.32 Å². The molecule has 0 radical (unpaired) electrons. The summed E-state index contributed by atoms with van der Waals surface area (Å²) in [7, 11) is 0. The number of hydrogen-bond acceptors (Lipinski definition) is 7. The average Bonchev–Trinajstić information content (AvgIpc) is 2.60. The molecule has 0 aliphatic carbocycles. The van der Waals surface area contributed by atoms with E-state index in [1.807, 2.05) is 0 Å². The molecule has 10 heteroatoms. The molecule has 0 aliphatic rings. The number of anilines is 1. The lowest BCUT2D eigenvalue weighted by Crippen LogP contribution is -2.16. The maximum absolute atomic E-state index is 12.7. The summed E-state index contributed by atoms with van der Waals surface area (Å²) in [4.78, 5) is 33.7. The minimum atomic E-state index is -0.583. The maximum atomic E-state index is 12.7. The van der Waals surface area contributed by atoms with E-state index in [0.29, 0.717) is 0 Å². The number of hydrogen-bond donors (Lipinski definition) is 1. The summed E-state index contributed by atoms with van der Waals surface area (Å²) >= 11 is 0. The van der Waals surface area contributed by atoms with Crippen molar-refractivity contribution < 1.29 is 24.1 Å². The van der Waals surface area contributed by atoms with Gasteiger partial charge < -0.3 is 14.8 Å². The lowest BCUT2D eigenvalue weighted by atomic mass is 10.1. The Morgan fingerprint density at radius 1 is 0.897 bits per heavy atom. The highest BCUT2D eigenvalue weighted by molar-refractivity contribution is 6.06. The summed E-state index contributed by atoms with van der Waals surface area (Å²) < 4.78 is 11.0. The van der Waals surface area contributed by atoms with E-state index < -0.39 is 15.8 Å². The Kier molecular flexibility index (Phi) is 6.71. The molecule has 2 aromatic rings. The quantitative estimate of drug-likeness (QED) is 0.512. The Bertz CT molecular complexity index is 941. The van der Waals surface area contributed by atoms with Gasteiger partial charge in [-0.25, -0.2) is 0 Å². The van der Waals surface area contributed by atoms with Crippen LogP contribution in [0.4, 0.5) is 17.1 Å². The lowest BCUT2D eigenvalue weighted by Gasteiger charge is -2.15. The van der Waals surface area contributed by atoms with Crippen LogP contribution < -0.4 is 14.8 Å². The lowest BCUT2D eigenvalue weighted by molar-refractivity contribution is -0.386. The Labute approximate surface area is 166 Å². The number of nitrogens with zero attached hydrogens (tertiary/aromatic N) is 2. The van der Waals surface area contributed by atoms with Crippen LogP contribution in [0.5, 0.6) is 11.5 Å². The molecule has 29 heavy (non-hydrogen) atoms. The molecule has 0 unspecified atom stereocenters. The first-order valence-electron chi connectivity index (χ1n) is 8.80. The van der Waals surface area contributed by atoms with Gasteiger partial charge in [0.1, 0.15) is 5.75 Å². The fourth-order valence-corrected chi connectivity index (χ4v) is 2.45. The number of amides is 1. The van der Waals surface area contributed by atoms with Crippen LogP contribution >= 0.6 is 0 Å². The van der Waals surface area contributed by atoms with Crippen LogP contribution in [0.2, 0.25) is 0 Å². The number of nitro benzene ring substituents is 2. The smallest absolute Gasteiger partial charge is 0.311 e. The minimum absolute atomic E-state index is 0.0187. The summed E-state index contributed by atoms with van der Waals surface area (Å²) in [5.74, 6) is -0.502. The molecule has 1 N–H and O–H groups in total. The van der Waals surface area contributed by atoms with Gasteiger partial charge in [-0.05, 0) is 39.8 Å². The maximum Gasteiger partial charge on any atom is 0.311 e. The highest BCUT2D eigenvalue weighted by Crippen LogP contribution is 2.32. The highest BCUT2D eigenvalue weighted by atomic mass is 16.6. The highest BCUT2D eigenvalue weighted by Gasteiger charge is 2.21. The van der Waals surface area contributed by atoms with Crippen LogP contribution in [0.25, 0.3) is 0 Å². The van der Waals surface area contributed by atoms with Gasteiger partial charge in [-0.3, -0.25) is 25.0 Å². The molecule has 0 aliphatic heterocycles. The zero-order valence-corrected chi connectivity index (χ0v) is 16.4. The fourth-order valence-electron chi connectivity index (χ4n) is 2.45. The summed E-state index contributed by atoms with van der Waals surface area (Å²) in [6, 6.07) is 7.63. The van der Waals surface area contributed by atoms with Crippen LogP contribution in [0.1, 0.15) is 38.1 Å². The van der Waals surface area contributed by atoms with Gasteiger partial charge in [-0.1, -0.05) is 0 Å². The van der Waals surface area contributed by atoms with E-state index in [4.69, 9.17) is 9.47 Å². The third-order valence-electron chi connectivity index (χ3n) is 3.56. The monoisotopic (exact) mass is 403 g/mol. The Hall–Kier alpha value is -3.69. The topological polar surface area (TPSA) is 134 Å². The second-order valence-electron chi connectivity index (χ2n) is 6.66. The van der Waals surface area contributed by atoms with Crippen LogP contribution in [0.15, 0.2) is 36.4 Å². The number of rotatable bonds is 8. The molecular formula is C19H21N3O7. The predicted octanol–water partition coefficient (Wildman–Crippen LogP) is 4.33. The van der Waals surface area contributed by atoms with Crippen molar-refractivity contribution in [3.8, 4) is 11.5 Å².